The maximum atomic E-state index is 4.98. The van der Waals surface area contributed by atoms with Gasteiger partial charge in [0.25, 0.3) is 0 Å². The summed E-state index contributed by atoms with van der Waals surface area (Å²) in [4.78, 5) is 12.2. The molecule has 6 rings (SSSR count). The molecule has 1 spiro atoms. The summed E-state index contributed by atoms with van der Waals surface area (Å²) in [5, 5.41) is 16.1. The van der Waals surface area contributed by atoms with Crippen LogP contribution in [-0.2, 0) is 6.54 Å². The molecule has 9 nitrogen and oxygen atoms in total. The van der Waals surface area contributed by atoms with Gasteiger partial charge in [0.1, 0.15) is 0 Å². The third-order valence-corrected chi connectivity index (χ3v) is 7.18. The highest BCUT2D eigenvalue weighted by atomic mass is 15.4. The molecule has 2 N–H and O–H groups in total. The normalized spacial score (nSPS) is 17.4. The van der Waals surface area contributed by atoms with Gasteiger partial charge in [0.2, 0.25) is 11.9 Å². The molecule has 0 aliphatic carbocycles. The highest BCUT2D eigenvalue weighted by Gasteiger charge is 2.44. The van der Waals surface area contributed by atoms with Crippen LogP contribution in [0.4, 0.5) is 11.9 Å². The van der Waals surface area contributed by atoms with Crippen molar-refractivity contribution in [3.8, 4) is 5.69 Å². The summed E-state index contributed by atoms with van der Waals surface area (Å²) in [7, 11) is 0. The molecule has 2 saturated heterocycles. The number of nitrogens with zero attached hydrogens (tertiary/aromatic N) is 7. The SMILES string of the molecule is CC(C)c1cnn2c(NCc3ccccc3-n3cccn3)nc(N3CC4(CCNCC4)C3)nc12. The molecule has 3 aromatic heterocycles. The fourth-order valence-corrected chi connectivity index (χ4v) is 5.19. The summed E-state index contributed by atoms with van der Waals surface area (Å²) in [5.41, 5.74) is 4.62. The summed E-state index contributed by atoms with van der Waals surface area (Å²) in [5.74, 6) is 1.84. The van der Waals surface area contributed by atoms with Crippen molar-refractivity contribution in [3.63, 3.8) is 0 Å². The number of benzene rings is 1. The van der Waals surface area contributed by atoms with Crippen LogP contribution in [0.3, 0.4) is 0 Å². The molecule has 176 valence electrons. The van der Waals surface area contributed by atoms with Crippen molar-refractivity contribution in [2.24, 2.45) is 5.41 Å². The molecule has 0 bridgehead atoms. The van der Waals surface area contributed by atoms with Gasteiger partial charge in [-0.2, -0.15) is 24.7 Å². The molecule has 2 aliphatic rings. The number of para-hydroxylation sites is 1. The first kappa shape index (κ1) is 21.1. The van der Waals surface area contributed by atoms with Crippen molar-refractivity contribution in [2.75, 3.05) is 36.4 Å². The van der Waals surface area contributed by atoms with Gasteiger partial charge in [-0.25, -0.2) is 4.68 Å². The van der Waals surface area contributed by atoms with Crippen LogP contribution in [0.1, 0.15) is 43.7 Å². The van der Waals surface area contributed by atoms with Gasteiger partial charge in [-0.1, -0.05) is 32.0 Å². The Hall–Kier alpha value is -3.46. The van der Waals surface area contributed by atoms with Crippen LogP contribution in [0.25, 0.3) is 11.3 Å². The summed E-state index contributed by atoms with van der Waals surface area (Å²) in [6.45, 7) is 9.23. The van der Waals surface area contributed by atoms with Gasteiger partial charge in [0.15, 0.2) is 5.65 Å². The third-order valence-electron chi connectivity index (χ3n) is 7.18. The monoisotopic (exact) mass is 457 g/mol. The molecular weight excluding hydrogens is 426 g/mol. The van der Waals surface area contributed by atoms with Crippen LogP contribution in [0.5, 0.6) is 0 Å². The van der Waals surface area contributed by atoms with E-state index in [1.165, 1.54) is 12.8 Å². The lowest BCUT2D eigenvalue weighted by atomic mass is 9.72. The fourth-order valence-electron chi connectivity index (χ4n) is 5.19. The fraction of sp³-hybridized carbons (Fsp3) is 0.440. The van der Waals surface area contributed by atoms with Gasteiger partial charge in [-0.3, -0.25) is 0 Å². The van der Waals surface area contributed by atoms with E-state index in [1.54, 1.807) is 6.20 Å². The van der Waals surface area contributed by atoms with Crippen molar-refractivity contribution in [1.29, 1.82) is 0 Å². The van der Waals surface area contributed by atoms with Crippen molar-refractivity contribution < 1.29 is 0 Å². The Balaban J connectivity index is 1.31. The lowest BCUT2D eigenvalue weighted by Crippen LogP contribution is -2.60. The van der Waals surface area contributed by atoms with Gasteiger partial charge in [-0.05, 0) is 49.5 Å². The van der Waals surface area contributed by atoms with E-state index in [2.05, 4.69) is 51.7 Å². The molecule has 0 saturated carbocycles. The standard InChI is InChI=1S/C25H31N9/c1-18(2)20-15-29-34-22(20)30-24(32-16-25(17-32)8-11-26-12-9-25)31-23(34)27-14-19-6-3-4-7-21(19)33-13-5-10-28-33/h3-7,10,13,15,18,26H,8-9,11-12,14,16-17H2,1-2H3,(H,27,30,31). The van der Waals surface area contributed by atoms with Crippen molar-refractivity contribution in [1.82, 2.24) is 34.7 Å². The highest BCUT2D eigenvalue weighted by molar-refractivity contribution is 5.57. The maximum absolute atomic E-state index is 4.98. The molecule has 2 fully saturated rings. The summed E-state index contributed by atoms with van der Waals surface area (Å²) in [6.07, 6.45) is 8.13. The molecule has 5 heterocycles. The second-order valence-electron chi connectivity index (χ2n) is 9.88. The van der Waals surface area contributed by atoms with Gasteiger partial charge in [0.05, 0.1) is 11.9 Å². The molecule has 0 atom stereocenters. The molecule has 0 radical (unpaired) electrons. The molecule has 34 heavy (non-hydrogen) atoms. The Kier molecular flexibility index (Phi) is 5.21. The summed E-state index contributed by atoms with van der Waals surface area (Å²) in [6, 6.07) is 10.2. The number of nitrogens with one attached hydrogen (secondary N) is 2. The predicted molar refractivity (Wildman–Crippen MR) is 133 cm³/mol. The topological polar surface area (TPSA) is 88.2 Å². The second kappa shape index (κ2) is 8.39. The van der Waals surface area contributed by atoms with Gasteiger partial charge >= 0.3 is 0 Å². The number of hydrogen-bond donors (Lipinski definition) is 2. The van der Waals surface area contributed by atoms with E-state index in [0.717, 1.165) is 54.6 Å². The van der Waals surface area contributed by atoms with E-state index in [1.807, 2.05) is 39.8 Å². The second-order valence-corrected chi connectivity index (χ2v) is 9.88. The third kappa shape index (κ3) is 3.69. The van der Waals surface area contributed by atoms with Crippen LogP contribution in [0.2, 0.25) is 0 Å². The average Bonchev–Trinajstić information content (AvgIpc) is 3.52. The zero-order valence-corrected chi connectivity index (χ0v) is 19.8. The van der Waals surface area contributed by atoms with Gasteiger partial charge in [0, 0.05) is 43.0 Å². The first-order valence-electron chi connectivity index (χ1n) is 12.2. The zero-order valence-electron chi connectivity index (χ0n) is 19.8. The molecule has 9 heteroatoms. The van der Waals surface area contributed by atoms with Gasteiger partial charge in [-0.15, -0.1) is 0 Å². The Morgan fingerprint density at radius 3 is 2.65 bits per heavy atom. The molecule has 0 amide bonds. The summed E-state index contributed by atoms with van der Waals surface area (Å²) >= 11 is 0. The van der Waals surface area contributed by atoms with Crippen LogP contribution in [0, 0.1) is 5.41 Å². The zero-order chi connectivity index (χ0) is 23.1. The molecule has 1 aromatic carbocycles. The minimum atomic E-state index is 0.334. The molecule has 0 unspecified atom stereocenters. The van der Waals surface area contributed by atoms with Crippen LogP contribution in [0.15, 0.2) is 48.9 Å². The molecule has 2 aliphatic heterocycles. The Bertz CT molecular complexity index is 1280. The number of anilines is 2. The minimum absolute atomic E-state index is 0.334. The first-order chi connectivity index (χ1) is 16.6. The Morgan fingerprint density at radius 2 is 1.88 bits per heavy atom. The lowest BCUT2D eigenvalue weighted by Gasteiger charge is -2.52. The van der Waals surface area contributed by atoms with Crippen LogP contribution < -0.4 is 15.5 Å². The quantitative estimate of drug-likeness (QED) is 0.460. The van der Waals surface area contributed by atoms with E-state index in [0.29, 0.717) is 23.8 Å². The Morgan fingerprint density at radius 1 is 1.06 bits per heavy atom. The lowest BCUT2D eigenvalue weighted by molar-refractivity contribution is 0.148. The molecule has 4 aromatic rings. The van der Waals surface area contributed by atoms with E-state index in [4.69, 9.17) is 9.97 Å². The van der Waals surface area contributed by atoms with Crippen molar-refractivity contribution in [2.45, 2.75) is 39.2 Å². The average molecular weight is 458 g/mol. The van der Waals surface area contributed by atoms with Crippen molar-refractivity contribution in [3.05, 3.63) is 60.0 Å². The number of aromatic nitrogens is 6. The predicted octanol–water partition coefficient (Wildman–Crippen LogP) is 3.24. The Labute approximate surface area is 199 Å². The van der Waals surface area contributed by atoms with E-state index in [9.17, 15) is 0 Å². The highest BCUT2D eigenvalue weighted by Crippen LogP contribution is 2.40. The number of hydrogen-bond acceptors (Lipinski definition) is 7. The smallest absolute Gasteiger partial charge is 0.230 e. The maximum Gasteiger partial charge on any atom is 0.230 e. The number of rotatable bonds is 6. The molecular formula is C25H31N9. The summed E-state index contributed by atoms with van der Waals surface area (Å²) < 4.78 is 3.73. The first-order valence-corrected chi connectivity index (χ1v) is 12.2. The van der Waals surface area contributed by atoms with E-state index in [-0.39, 0.29) is 0 Å². The largest absolute Gasteiger partial charge is 0.350 e. The van der Waals surface area contributed by atoms with Gasteiger partial charge < -0.3 is 15.5 Å². The van der Waals surface area contributed by atoms with E-state index < -0.39 is 0 Å². The van der Waals surface area contributed by atoms with Crippen LogP contribution in [-0.4, -0.2) is 55.5 Å². The van der Waals surface area contributed by atoms with E-state index >= 15 is 0 Å². The number of piperidine rings is 1. The van der Waals surface area contributed by atoms with Crippen LogP contribution >= 0.6 is 0 Å². The van der Waals surface area contributed by atoms with Crippen molar-refractivity contribution >= 4 is 17.5 Å². The number of fused-ring (bicyclic) bond motifs is 1. The minimum Gasteiger partial charge on any atom is -0.350 e.